The standard InChI is InChI=1S/C21H22FNO2/c1-14(12-15-2-7-19-16(13-15)8-11-25-19)23-20(24)21(9-10-21)17-3-5-18(22)6-4-17/h2-7,13-14H,8-12H2,1H3,(H,23,24)/t14-/m1/s1. The van der Waals surface area contributed by atoms with Gasteiger partial charge in [0.15, 0.2) is 0 Å². The second kappa shape index (κ2) is 6.17. The zero-order valence-corrected chi connectivity index (χ0v) is 14.3. The summed E-state index contributed by atoms with van der Waals surface area (Å²) in [6.07, 6.45) is 3.40. The average molecular weight is 339 g/mol. The number of nitrogens with one attached hydrogen (secondary N) is 1. The minimum atomic E-state index is -0.465. The number of ether oxygens (including phenoxy) is 1. The number of fused-ring (bicyclic) bond motifs is 1. The van der Waals surface area contributed by atoms with Crippen molar-refractivity contribution in [2.75, 3.05) is 6.61 Å². The summed E-state index contributed by atoms with van der Waals surface area (Å²) in [5.41, 5.74) is 2.91. The lowest BCUT2D eigenvalue weighted by atomic mass is 9.94. The number of hydrogen-bond acceptors (Lipinski definition) is 2. The summed E-state index contributed by atoms with van der Waals surface area (Å²) in [4.78, 5) is 12.8. The van der Waals surface area contributed by atoms with Gasteiger partial charge in [-0.3, -0.25) is 4.79 Å². The second-order valence-electron chi connectivity index (χ2n) is 7.21. The fourth-order valence-corrected chi connectivity index (χ4v) is 3.67. The van der Waals surface area contributed by atoms with Crippen LogP contribution in [0, 0.1) is 5.82 Å². The molecule has 1 aliphatic carbocycles. The topological polar surface area (TPSA) is 38.3 Å². The number of carbonyl (C=O) groups is 1. The van der Waals surface area contributed by atoms with E-state index < -0.39 is 5.41 Å². The lowest BCUT2D eigenvalue weighted by Gasteiger charge is -2.20. The quantitative estimate of drug-likeness (QED) is 0.905. The average Bonchev–Trinajstić information content (AvgIpc) is 3.27. The molecule has 4 rings (SSSR count). The monoisotopic (exact) mass is 339 g/mol. The van der Waals surface area contributed by atoms with Crippen LogP contribution in [0.3, 0.4) is 0 Å². The summed E-state index contributed by atoms with van der Waals surface area (Å²) in [5.74, 6) is 0.763. The Morgan fingerprint density at radius 1 is 1.24 bits per heavy atom. The first-order valence-electron chi connectivity index (χ1n) is 8.88. The molecule has 0 radical (unpaired) electrons. The van der Waals surface area contributed by atoms with Crippen molar-refractivity contribution in [2.24, 2.45) is 0 Å². The Kier molecular flexibility index (Phi) is 3.98. The summed E-state index contributed by atoms with van der Waals surface area (Å²) in [6, 6.07) is 12.6. The van der Waals surface area contributed by atoms with Gasteiger partial charge < -0.3 is 10.1 Å². The van der Waals surface area contributed by atoms with Crippen molar-refractivity contribution in [3.05, 3.63) is 65.0 Å². The molecular weight excluding hydrogens is 317 g/mol. The molecule has 1 fully saturated rings. The molecule has 2 aromatic rings. The number of carbonyl (C=O) groups excluding carboxylic acids is 1. The van der Waals surface area contributed by atoms with Crippen LogP contribution in [0.15, 0.2) is 42.5 Å². The van der Waals surface area contributed by atoms with Gasteiger partial charge in [-0.25, -0.2) is 4.39 Å². The maximum Gasteiger partial charge on any atom is 0.230 e. The third kappa shape index (κ3) is 3.13. The van der Waals surface area contributed by atoms with E-state index in [1.807, 2.05) is 13.0 Å². The van der Waals surface area contributed by atoms with Crippen molar-refractivity contribution in [1.82, 2.24) is 5.32 Å². The van der Waals surface area contributed by atoms with Crippen LogP contribution in [0.25, 0.3) is 0 Å². The molecule has 3 nitrogen and oxygen atoms in total. The molecule has 130 valence electrons. The Morgan fingerprint density at radius 3 is 2.72 bits per heavy atom. The first-order valence-corrected chi connectivity index (χ1v) is 8.88. The Bertz CT molecular complexity index is 796. The first-order chi connectivity index (χ1) is 12.1. The van der Waals surface area contributed by atoms with E-state index in [-0.39, 0.29) is 17.8 Å². The first kappa shape index (κ1) is 16.1. The van der Waals surface area contributed by atoms with Crippen LogP contribution < -0.4 is 10.1 Å². The maximum atomic E-state index is 13.1. The molecule has 1 aliphatic heterocycles. The number of halogens is 1. The molecular formula is C21H22FNO2. The molecule has 1 saturated carbocycles. The number of benzene rings is 2. The van der Waals surface area contributed by atoms with Crippen LogP contribution in [-0.2, 0) is 23.1 Å². The molecule has 25 heavy (non-hydrogen) atoms. The summed E-state index contributed by atoms with van der Waals surface area (Å²) < 4.78 is 18.7. The zero-order chi connectivity index (χ0) is 17.4. The van der Waals surface area contributed by atoms with Crippen LogP contribution in [0.1, 0.15) is 36.5 Å². The molecule has 0 bridgehead atoms. The van der Waals surface area contributed by atoms with E-state index in [1.165, 1.54) is 23.3 Å². The third-order valence-corrected chi connectivity index (χ3v) is 5.25. The van der Waals surface area contributed by atoms with Gasteiger partial charge in [-0.1, -0.05) is 24.3 Å². The van der Waals surface area contributed by atoms with Crippen molar-refractivity contribution in [1.29, 1.82) is 0 Å². The fraction of sp³-hybridized carbons (Fsp3) is 0.381. The van der Waals surface area contributed by atoms with Gasteiger partial charge in [0.2, 0.25) is 5.91 Å². The van der Waals surface area contributed by atoms with Crippen molar-refractivity contribution in [3.63, 3.8) is 0 Å². The molecule has 0 saturated heterocycles. The Labute approximate surface area is 147 Å². The van der Waals surface area contributed by atoms with E-state index in [4.69, 9.17) is 4.74 Å². The molecule has 1 atom stereocenters. The fourth-order valence-electron chi connectivity index (χ4n) is 3.67. The van der Waals surface area contributed by atoms with Crippen molar-refractivity contribution < 1.29 is 13.9 Å². The van der Waals surface area contributed by atoms with Crippen LogP contribution in [-0.4, -0.2) is 18.6 Å². The van der Waals surface area contributed by atoms with Crippen molar-refractivity contribution >= 4 is 5.91 Å². The van der Waals surface area contributed by atoms with Gasteiger partial charge in [0.05, 0.1) is 12.0 Å². The number of amides is 1. The van der Waals surface area contributed by atoms with E-state index >= 15 is 0 Å². The highest BCUT2D eigenvalue weighted by atomic mass is 19.1. The molecule has 0 aromatic heterocycles. The van der Waals surface area contributed by atoms with Crippen molar-refractivity contribution in [2.45, 2.75) is 44.1 Å². The predicted octanol–water partition coefficient (Wildman–Crippen LogP) is 3.54. The molecule has 2 aliphatic rings. The molecule has 0 spiro atoms. The SMILES string of the molecule is C[C@H](Cc1ccc2c(c1)CCO2)NC(=O)C1(c2ccc(F)cc2)CC1. The maximum absolute atomic E-state index is 13.1. The van der Waals surface area contributed by atoms with Crippen LogP contribution in [0.4, 0.5) is 4.39 Å². The molecule has 1 amide bonds. The number of rotatable bonds is 5. The molecule has 2 aromatic carbocycles. The lowest BCUT2D eigenvalue weighted by molar-refractivity contribution is -0.124. The summed E-state index contributed by atoms with van der Waals surface area (Å²) >= 11 is 0. The summed E-state index contributed by atoms with van der Waals surface area (Å²) in [5, 5.41) is 3.15. The van der Waals surface area contributed by atoms with Gasteiger partial charge >= 0.3 is 0 Å². The smallest absolute Gasteiger partial charge is 0.230 e. The Morgan fingerprint density at radius 2 is 2.00 bits per heavy atom. The summed E-state index contributed by atoms with van der Waals surface area (Å²) in [7, 11) is 0. The van der Waals surface area contributed by atoms with E-state index in [2.05, 4.69) is 17.4 Å². The lowest BCUT2D eigenvalue weighted by Crippen LogP contribution is -2.41. The van der Waals surface area contributed by atoms with Gasteiger partial charge in [0.1, 0.15) is 11.6 Å². The number of hydrogen-bond donors (Lipinski definition) is 1. The van der Waals surface area contributed by atoms with Crippen molar-refractivity contribution in [3.8, 4) is 5.75 Å². The Hall–Kier alpha value is -2.36. The van der Waals surface area contributed by atoms with E-state index in [0.29, 0.717) is 0 Å². The van der Waals surface area contributed by atoms with E-state index in [0.717, 1.165) is 43.6 Å². The van der Waals surface area contributed by atoms with E-state index in [1.54, 1.807) is 12.1 Å². The normalized spacial score (nSPS) is 18.2. The highest BCUT2D eigenvalue weighted by molar-refractivity contribution is 5.91. The molecule has 1 N–H and O–H groups in total. The second-order valence-corrected chi connectivity index (χ2v) is 7.21. The van der Waals surface area contributed by atoms with Gasteiger partial charge in [0.25, 0.3) is 0 Å². The molecule has 1 heterocycles. The van der Waals surface area contributed by atoms with Gasteiger partial charge in [-0.05, 0) is 61.1 Å². The van der Waals surface area contributed by atoms with Crippen LogP contribution in [0.5, 0.6) is 5.75 Å². The third-order valence-electron chi connectivity index (χ3n) is 5.25. The molecule has 0 unspecified atom stereocenters. The largest absolute Gasteiger partial charge is 0.493 e. The van der Waals surface area contributed by atoms with Gasteiger partial charge in [-0.2, -0.15) is 0 Å². The van der Waals surface area contributed by atoms with Gasteiger partial charge in [0, 0.05) is 12.5 Å². The van der Waals surface area contributed by atoms with Crippen LogP contribution in [0.2, 0.25) is 0 Å². The van der Waals surface area contributed by atoms with E-state index in [9.17, 15) is 9.18 Å². The summed E-state index contributed by atoms with van der Waals surface area (Å²) in [6.45, 7) is 2.79. The van der Waals surface area contributed by atoms with Crippen LogP contribution >= 0.6 is 0 Å². The Balaban J connectivity index is 1.41. The van der Waals surface area contributed by atoms with Gasteiger partial charge in [-0.15, -0.1) is 0 Å². The molecule has 4 heteroatoms. The predicted molar refractivity (Wildman–Crippen MR) is 94.3 cm³/mol. The zero-order valence-electron chi connectivity index (χ0n) is 14.3. The highest BCUT2D eigenvalue weighted by Crippen LogP contribution is 2.48. The minimum absolute atomic E-state index is 0.0470. The minimum Gasteiger partial charge on any atom is -0.493 e. The highest BCUT2D eigenvalue weighted by Gasteiger charge is 2.51.